The first-order valence-corrected chi connectivity index (χ1v) is 10.7. The highest BCUT2D eigenvalue weighted by Crippen LogP contribution is 2.23. The van der Waals surface area contributed by atoms with Crippen LogP contribution in [0.5, 0.6) is 0 Å². The molecule has 3 heterocycles. The number of urea groups is 1. The second-order valence-electron chi connectivity index (χ2n) is 6.72. The molecule has 7 nitrogen and oxygen atoms in total. The molecule has 2 aliphatic rings. The van der Waals surface area contributed by atoms with Gasteiger partial charge in [0.25, 0.3) is 0 Å². The topological polar surface area (TPSA) is 82.6 Å². The number of piperidine rings is 1. The van der Waals surface area contributed by atoms with Crippen molar-refractivity contribution in [1.82, 2.24) is 20.1 Å². The zero-order valence-electron chi connectivity index (χ0n) is 14.4. The third-order valence-electron chi connectivity index (χ3n) is 4.98. The van der Waals surface area contributed by atoms with Crippen LogP contribution >= 0.6 is 0 Å². The molecule has 1 aromatic rings. The molecule has 8 heteroatoms. The number of pyridine rings is 1. The van der Waals surface area contributed by atoms with Crippen molar-refractivity contribution in [2.24, 2.45) is 0 Å². The molecule has 2 aliphatic heterocycles. The Balaban J connectivity index is 1.61. The standard InChI is InChI=1S/C17H26N4O3S/c22-17(21-9-11-25(23,24)12-10-21)19-14-16(15-5-4-6-18-13-15)20-7-2-1-3-8-20/h4-6,13,16H,1-3,7-12,14H2,(H,19,22)/t16-/m0/s1. The SMILES string of the molecule is O=C(NC[C@@H](c1cccnc1)N1CCCCC1)N1CCS(=O)(=O)CC1. The quantitative estimate of drug-likeness (QED) is 0.861. The molecule has 1 atom stereocenters. The Labute approximate surface area is 149 Å². The maximum atomic E-state index is 12.4. The lowest BCUT2D eigenvalue weighted by Gasteiger charge is -2.35. The van der Waals surface area contributed by atoms with E-state index < -0.39 is 9.84 Å². The van der Waals surface area contributed by atoms with Gasteiger partial charge in [-0.15, -0.1) is 0 Å². The van der Waals surface area contributed by atoms with Crippen molar-refractivity contribution in [2.45, 2.75) is 25.3 Å². The van der Waals surface area contributed by atoms with E-state index in [2.05, 4.69) is 15.2 Å². The van der Waals surface area contributed by atoms with E-state index in [9.17, 15) is 13.2 Å². The normalized spacial score (nSPS) is 22.3. The zero-order valence-corrected chi connectivity index (χ0v) is 15.2. The third kappa shape index (κ3) is 4.92. The Kier molecular flexibility index (Phi) is 5.90. The van der Waals surface area contributed by atoms with E-state index in [1.165, 1.54) is 19.3 Å². The molecule has 3 rings (SSSR count). The van der Waals surface area contributed by atoms with E-state index in [-0.39, 0.29) is 36.7 Å². The summed E-state index contributed by atoms with van der Waals surface area (Å²) < 4.78 is 23.0. The highest BCUT2D eigenvalue weighted by molar-refractivity contribution is 7.91. The van der Waals surface area contributed by atoms with Crippen LogP contribution in [0.2, 0.25) is 0 Å². The molecular weight excluding hydrogens is 340 g/mol. The predicted molar refractivity (Wildman–Crippen MR) is 96.0 cm³/mol. The maximum Gasteiger partial charge on any atom is 0.317 e. The van der Waals surface area contributed by atoms with Crippen LogP contribution in [0.4, 0.5) is 4.79 Å². The van der Waals surface area contributed by atoms with E-state index >= 15 is 0 Å². The lowest BCUT2D eigenvalue weighted by Crippen LogP contribution is -2.50. The number of amides is 2. The molecule has 1 N–H and O–H groups in total. The molecule has 138 valence electrons. The number of rotatable bonds is 4. The minimum Gasteiger partial charge on any atom is -0.336 e. The third-order valence-corrected chi connectivity index (χ3v) is 6.59. The highest BCUT2D eigenvalue weighted by atomic mass is 32.2. The summed E-state index contributed by atoms with van der Waals surface area (Å²) in [6, 6.07) is 3.89. The monoisotopic (exact) mass is 366 g/mol. The molecule has 0 radical (unpaired) electrons. The summed E-state index contributed by atoms with van der Waals surface area (Å²) in [7, 11) is -2.98. The van der Waals surface area contributed by atoms with Crippen molar-refractivity contribution in [1.29, 1.82) is 0 Å². The van der Waals surface area contributed by atoms with Crippen LogP contribution in [-0.4, -0.2) is 73.5 Å². The van der Waals surface area contributed by atoms with Gasteiger partial charge in [-0.3, -0.25) is 9.88 Å². The Morgan fingerprint density at radius 3 is 2.52 bits per heavy atom. The number of aromatic nitrogens is 1. The molecule has 25 heavy (non-hydrogen) atoms. The molecule has 0 spiro atoms. The van der Waals surface area contributed by atoms with Crippen LogP contribution < -0.4 is 5.32 Å². The fraction of sp³-hybridized carbons (Fsp3) is 0.647. The van der Waals surface area contributed by atoms with Crippen molar-refractivity contribution < 1.29 is 13.2 Å². The van der Waals surface area contributed by atoms with Crippen LogP contribution in [0.25, 0.3) is 0 Å². The van der Waals surface area contributed by atoms with Gasteiger partial charge in [-0.25, -0.2) is 13.2 Å². The number of carbonyl (C=O) groups is 1. The molecule has 0 bridgehead atoms. The summed E-state index contributed by atoms with van der Waals surface area (Å²) in [6.45, 7) is 3.10. The number of sulfone groups is 1. The fourth-order valence-electron chi connectivity index (χ4n) is 3.47. The Morgan fingerprint density at radius 2 is 1.88 bits per heavy atom. The van der Waals surface area contributed by atoms with E-state index in [0.29, 0.717) is 6.54 Å². The van der Waals surface area contributed by atoms with Crippen LogP contribution in [0.3, 0.4) is 0 Å². The summed E-state index contributed by atoms with van der Waals surface area (Å²) in [5, 5.41) is 3.00. The molecule has 1 aromatic heterocycles. The lowest BCUT2D eigenvalue weighted by molar-refractivity contribution is 0.155. The molecule has 2 fully saturated rings. The van der Waals surface area contributed by atoms with Gasteiger partial charge in [-0.2, -0.15) is 0 Å². The average molecular weight is 366 g/mol. The van der Waals surface area contributed by atoms with Crippen LogP contribution in [0.1, 0.15) is 30.9 Å². The highest BCUT2D eigenvalue weighted by Gasteiger charge is 2.27. The van der Waals surface area contributed by atoms with Gasteiger partial charge < -0.3 is 10.2 Å². The molecule has 2 saturated heterocycles. The van der Waals surface area contributed by atoms with Gasteiger partial charge in [0.05, 0.1) is 17.5 Å². The van der Waals surface area contributed by atoms with Crippen LogP contribution in [-0.2, 0) is 9.84 Å². The van der Waals surface area contributed by atoms with Crippen molar-refractivity contribution in [3.05, 3.63) is 30.1 Å². The van der Waals surface area contributed by atoms with Crippen LogP contribution in [0.15, 0.2) is 24.5 Å². The number of nitrogens with one attached hydrogen (secondary N) is 1. The first-order chi connectivity index (χ1) is 12.1. The number of hydrogen-bond acceptors (Lipinski definition) is 5. The van der Waals surface area contributed by atoms with Gasteiger partial charge in [0.1, 0.15) is 0 Å². The molecular formula is C17H26N4O3S. The van der Waals surface area contributed by atoms with E-state index in [4.69, 9.17) is 0 Å². The zero-order chi connectivity index (χ0) is 17.7. The van der Waals surface area contributed by atoms with Crippen LogP contribution in [0, 0.1) is 0 Å². The summed E-state index contributed by atoms with van der Waals surface area (Å²) in [6.07, 6.45) is 7.22. The summed E-state index contributed by atoms with van der Waals surface area (Å²) in [5.74, 6) is 0.108. The summed E-state index contributed by atoms with van der Waals surface area (Å²) >= 11 is 0. The van der Waals surface area contributed by atoms with Gasteiger partial charge >= 0.3 is 6.03 Å². The first-order valence-electron chi connectivity index (χ1n) is 8.92. The summed E-state index contributed by atoms with van der Waals surface area (Å²) in [4.78, 5) is 20.6. The first kappa shape index (κ1) is 18.1. The smallest absolute Gasteiger partial charge is 0.317 e. The lowest BCUT2D eigenvalue weighted by atomic mass is 10.0. The summed E-state index contributed by atoms with van der Waals surface area (Å²) in [5.41, 5.74) is 1.10. The van der Waals surface area contributed by atoms with E-state index in [1.807, 2.05) is 18.3 Å². The number of likely N-dealkylation sites (tertiary alicyclic amines) is 1. The van der Waals surface area contributed by atoms with Crippen molar-refractivity contribution in [3.8, 4) is 0 Å². The van der Waals surface area contributed by atoms with Crippen molar-refractivity contribution >= 4 is 15.9 Å². The van der Waals surface area contributed by atoms with E-state index in [0.717, 1.165) is 18.7 Å². The number of carbonyl (C=O) groups excluding carboxylic acids is 1. The molecule has 0 unspecified atom stereocenters. The minimum atomic E-state index is -2.98. The molecule has 2 amide bonds. The van der Waals surface area contributed by atoms with Crippen molar-refractivity contribution in [2.75, 3.05) is 44.2 Å². The number of nitrogens with zero attached hydrogens (tertiary/aromatic N) is 3. The molecule has 0 aromatic carbocycles. The largest absolute Gasteiger partial charge is 0.336 e. The van der Waals surface area contributed by atoms with Gasteiger partial charge in [0.2, 0.25) is 0 Å². The van der Waals surface area contributed by atoms with E-state index in [1.54, 1.807) is 11.1 Å². The number of hydrogen-bond donors (Lipinski definition) is 1. The van der Waals surface area contributed by atoms with Crippen molar-refractivity contribution in [3.63, 3.8) is 0 Å². The van der Waals surface area contributed by atoms with Gasteiger partial charge in [-0.1, -0.05) is 12.5 Å². The average Bonchev–Trinajstić information content (AvgIpc) is 2.63. The fourth-order valence-corrected chi connectivity index (χ4v) is 4.67. The Bertz CT molecular complexity index is 660. The molecule has 0 aliphatic carbocycles. The van der Waals surface area contributed by atoms with Gasteiger partial charge in [0.15, 0.2) is 9.84 Å². The molecule has 0 saturated carbocycles. The van der Waals surface area contributed by atoms with Gasteiger partial charge in [-0.05, 0) is 37.6 Å². The minimum absolute atomic E-state index is 0.0541. The maximum absolute atomic E-state index is 12.4. The second-order valence-corrected chi connectivity index (χ2v) is 9.03. The second kappa shape index (κ2) is 8.14. The Morgan fingerprint density at radius 1 is 1.16 bits per heavy atom. The Hall–Kier alpha value is -1.67. The predicted octanol–water partition coefficient (Wildman–Crippen LogP) is 1.05. The van der Waals surface area contributed by atoms with Gasteiger partial charge in [0, 0.05) is 32.0 Å².